The van der Waals surface area contributed by atoms with E-state index in [9.17, 15) is 0 Å². The molecule has 0 aromatic rings. The first-order valence-electron chi connectivity index (χ1n) is 5.78. The van der Waals surface area contributed by atoms with Gasteiger partial charge in [0.05, 0.1) is 0 Å². The van der Waals surface area contributed by atoms with Crippen molar-refractivity contribution in [1.29, 1.82) is 0 Å². The second-order valence-electron chi connectivity index (χ2n) is 4.49. The fourth-order valence-electron chi connectivity index (χ4n) is 1.48. The Morgan fingerprint density at radius 3 is 2.00 bits per heavy atom. The lowest BCUT2D eigenvalue weighted by Crippen LogP contribution is -2.03. The first kappa shape index (κ1) is 12.7. The largest absolute Gasteiger partial charge is 0.0880 e. The lowest BCUT2D eigenvalue weighted by Gasteiger charge is -2.14. The zero-order chi connectivity index (χ0) is 10.3. The molecule has 0 amide bonds. The van der Waals surface area contributed by atoms with E-state index in [1.807, 2.05) is 0 Å². The quantitative estimate of drug-likeness (QED) is 0.524. The van der Waals surface area contributed by atoms with Gasteiger partial charge < -0.3 is 0 Å². The molecule has 0 saturated heterocycles. The Morgan fingerprint density at radius 1 is 1.00 bits per heavy atom. The van der Waals surface area contributed by atoms with Crippen LogP contribution in [0.15, 0.2) is 12.2 Å². The van der Waals surface area contributed by atoms with Gasteiger partial charge in [0.2, 0.25) is 0 Å². The third-order valence-corrected chi connectivity index (χ3v) is 2.95. The highest BCUT2D eigenvalue weighted by Crippen LogP contribution is 2.17. The fourth-order valence-corrected chi connectivity index (χ4v) is 1.48. The Bertz CT molecular complexity index is 133. The maximum absolute atomic E-state index is 2.41. The van der Waals surface area contributed by atoms with Crippen LogP contribution in [-0.2, 0) is 0 Å². The van der Waals surface area contributed by atoms with Crippen molar-refractivity contribution in [1.82, 2.24) is 0 Å². The van der Waals surface area contributed by atoms with Crippen LogP contribution >= 0.6 is 0 Å². The van der Waals surface area contributed by atoms with Gasteiger partial charge in [-0.2, -0.15) is 0 Å². The molecule has 0 heterocycles. The van der Waals surface area contributed by atoms with E-state index in [1.165, 1.54) is 19.3 Å². The van der Waals surface area contributed by atoms with Gasteiger partial charge >= 0.3 is 0 Å². The van der Waals surface area contributed by atoms with Crippen molar-refractivity contribution < 1.29 is 0 Å². The lowest BCUT2D eigenvalue weighted by atomic mass is 9.92. The molecule has 0 spiro atoms. The maximum Gasteiger partial charge on any atom is -0.0213 e. The third kappa shape index (κ3) is 5.90. The molecule has 0 aromatic carbocycles. The van der Waals surface area contributed by atoms with Crippen LogP contribution in [0.25, 0.3) is 0 Å². The highest BCUT2D eigenvalue weighted by Gasteiger charge is 2.06. The van der Waals surface area contributed by atoms with Crippen LogP contribution in [0.3, 0.4) is 0 Å². The van der Waals surface area contributed by atoms with Crippen LogP contribution in [-0.4, -0.2) is 0 Å². The molecule has 0 rings (SSSR count). The van der Waals surface area contributed by atoms with Gasteiger partial charge in [0, 0.05) is 0 Å². The minimum Gasteiger partial charge on any atom is -0.0880 e. The summed E-state index contributed by atoms with van der Waals surface area (Å²) >= 11 is 0. The van der Waals surface area contributed by atoms with Crippen molar-refractivity contribution in [2.45, 2.75) is 53.9 Å². The maximum atomic E-state index is 2.41. The van der Waals surface area contributed by atoms with Gasteiger partial charge in [-0.15, -0.1) is 0 Å². The molecule has 13 heavy (non-hydrogen) atoms. The number of hydrogen-bond donors (Lipinski definition) is 0. The van der Waals surface area contributed by atoms with Crippen molar-refractivity contribution in [3.8, 4) is 0 Å². The second-order valence-corrected chi connectivity index (χ2v) is 4.49. The zero-order valence-electron chi connectivity index (χ0n) is 10.0. The molecule has 0 bridgehead atoms. The molecule has 2 unspecified atom stereocenters. The average molecular weight is 182 g/mol. The van der Waals surface area contributed by atoms with Crippen molar-refractivity contribution in [3.63, 3.8) is 0 Å². The first-order chi connectivity index (χ1) is 6.11. The summed E-state index contributed by atoms with van der Waals surface area (Å²) in [7, 11) is 0. The van der Waals surface area contributed by atoms with Crippen molar-refractivity contribution in [2.24, 2.45) is 17.8 Å². The SMILES string of the molecule is CCC(C)CC=CC(CC)C(C)C. The van der Waals surface area contributed by atoms with E-state index in [1.54, 1.807) is 0 Å². The number of rotatable bonds is 6. The van der Waals surface area contributed by atoms with E-state index in [0.717, 1.165) is 17.8 Å². The summed E-state index contributed by atoms with van der Waals surface area (Å²) in [6, 6.07) is 0. The Morgan fingerprint density at radius 2 is 1.62 bits per heavy atom. The Hall–Kier alpha value is -0.260. The Balaban J connectivity index is 3.80. The topological polar surface area (TPSA) is 0 Å². The summed E-state index contributed by atoms with van der Waals surface area (Å²) in [6.45, 7) is 11.5. The molecule has 0 fully saturated rings. The average Bonchev–Trinajstić information content (AvgIpc) is 2.11. The molecular weight excluding hydrogens is 156 g/mol. The molecule has 0 aliphatic rings. The molecular formula is C13H26. The number of allylic oxidation sites excluding steroid dienone is 2. The summed E-state index contributed by atoms with van der Waals surface area (Å²) in [5.41, 5.74) is 0. The zero-order valence-corrected chi connectivity index (χ0v) is 10.0. The van der Waals surface area contributed by atoms with Crippen LogP contribution in [0.2, 0.25) is 0 Å². The van der Waals surface area contributed by atoms with E-state index in [2.05, 4.69) is 46.8 Å². The fraction of sp³-hybridized carbons (Fsp3) is 0.846. The molecule has 0 aliphatic carbocycles. The summed E-state index contributed by atoms with van der Waals surface area (Å²) in [4.78, 5) is 0. The van der Waals surface area contributed by atoms with Gasteiger partial charge in [-0.3, -0.25) is 0 Å². The van der Waals surface area contributed by atoms with Gasteiger partial charge in [-0.25, -0.2) is 0 Å². The van der Waals surface area contributed by atoms with Crippen LogP contribution in [0.4, 0.5) is 0 Å². The predicted molar refractivity (Wildman–Crippen MR) is 61.8 cm³/mol. The molecule has 0 nitrogen and oxygen atoms in total. The Kier molecular flexibility index (Phi) is 7.03. The molecule has 0 saturated carbocycles. The molecule has 0 heteroatoms. The highest BCUT2D eigenvalue weighted by atomic mass is 14.1. The van der Waals surface area contributed by atoms with Crippen LogP contribution < -0.4 is 0 Å². The minimum atomic E-state index is 0.782. The van der Waals surface area contributed by atoms with E-state index >= 15 is 0 Å². The third-order valence-electron chi connectivity index (χ3n) is 2.95. The monoisotopic (exact) mass is 182 g/mol. The summed E-state index contributed by atoms with van der Waals surface area (Å²) < 4.78 is 0. The van der Waals surface area contributed by atoms with E-state index < -0.39 is 0 Å². The first-order valence-corrected chi connectivity index (χ1v) is 5.78. The molecule has 0 aromatic heterocycles. The van der Waals surface area contributed by atoms with E-state index in [4.69, 9.17) is 0 Å². The van der Waals surface area contributed by atoms with E-state index in [-0.39, 0.29) is 0 Å². The van der Waals surface area contributed by atoms with Crippen LogP contribution in [0.5, 0.6) is 0 Å². The molecule has 0 radical (unpaired) electrons. The second kappa shape index (κ2) is 7.17. The smallest absolute Gasteiger partial charge is 0.0213 e. The summed E-state index contributed by atoms with van der Waals surface area (Å²) in [5.74, 6) is 2.42. The van der Waals surface area contributed by atoms with Crippen molar-refractivity contribution >= 4 is 0 Å². The summed E-state index contributed by atoms with van der Waals surface area (Å²) in [6.07, 6.45) is 8.61. The van der Waals surface area contributed by atoms with Gasteiger partial charge in [-0.05, 0) is 30.6 Å². The predicted octanol–water partition coefficient (Wildman–Crippen LogP) is 4.66. The number of hydrogen-bond acceptors (Lipinski definition) is 0. The standard InChI is InChI=1S/C13H26/c1-6-12(5)9-8-10-13(7-2)11(3)4/h8,10-13H,6-7,9H2,1-5H3. The summed E-state index contributed by atoms with van der Waals surface area (Å²) in [5, 5.41) is 0. The van der Waals surface area contributed by atoms with Gasteiger partial charge in [0.1, 0.15) is 0 Å². The highest BCUT2D eigenvalue weighted by molar-refractivity contribution is 4.90. The normalized spacial score (nSPS) is 16.8. The lowest BCUT2D eigenvalue weighted by molar-refractivity contribution is 0.450. The van der Waals surface area contributed by atoms with Crippen molar-refractivity contribution in [3.05, 3.63) is 12.2 Å². The molecule has 0 aliphatic heterocycles. The van der Waals surface area contributed by atoms with Crippen molar-refractivity contribution in [2.75, 3.05) is 0 Å². The van der Waals surface area contributed by atoms with E-state index in [0.29, 0.717) is 0 Å². The van der Waals surface area contributed by atoms with Gasteiger partial charge in [0.15, 0.2) is 0 Å². The minimum absolute atomic E-state index is 0.782. The molecule has 2 atom stereocenters. The Labute approximate surface area is 84.4 Å². The molecule has 0 N–H and O–H groups in total. The van der Waals surface area contributed by atoms with Crippen LogP contribution in [0, 0.1) is 17.8 Å². The van der Waals surface area contributed by atoms with Gasteiger partial charge in [0.25, 0.3) is 0 Å². The van der Waals surface area contributed by atoms with Gasteiger partial charge in [-0.1, -0.05) is 53.2 Å². The molecule has 78 valence electrons. The van der Waals surface area contributed by atoms with Crippen LogP contribution in [0.1, 0.15) is 53.9 Å².